The van der Waals surface area contributed by atoms with E-state index in [4.69, 9.17) is 0 Å². The summed E-state index contributed by atoms with van der Waals surface area (Å²) in [6.45, 7) is 2.14. The molecule has 1 heterocycles. The van der Waals surface area contributed by atoms with Gasteiger partial charge in [-0.1, -0.05) is 11.8 Å². The molecule has 0 bridgehead atoms. The van der Waals surface area contributed by atoms with Gasteiger partial charge in [0.15, 0.2) is 0 Å². The molecular formula is C10H11N3O2. The maximum absolute atomic E-state index is 10.6. The first-order valence-electron chi connectivity index (χ1n) is 4.39. The Hall–Kier alpha value is -1.93. The Balaban J connectivity index is 2.99. The summed E-state index contributed by atoms with van der Waals surface area (Å²) in [5, 5.41) is 13.5. The lowest BCUT2D eigenvalue weighted by Gasteiger charge is -1.96. The van der Waals surface area contributed by atoms with Crippen molar-refractivity contribution in [3.05, 3.63) is 33.6 Å². The molecule has 78 valence electrons. The molecule has 1 rings (SSSR count). The van der Waals surface area contributed by atoms with Crippen molar-refractivity contribution in [3.63, 3.8) is 0 Å². The normalized spacial score (nSPS) is 9.20. The molecule has 0 unspecified atom stereocenters. The zero-order valence-electron chi connectivity index (χ0n) is 8.57. The third-order valence-electron chi connectivity index (χ3n) is 1.75. The number of hydrogen-bond acceptors (Lipinski definition) is 4. The van der Waals surface area contributed by atoms with E-state index in [0.29, 0.717) is 17.8 Å². The van der Waals surface area contributed by atoms with Crippen molar-refractivity contribution in [1.29, 1.82) is 0 Å². The first-order valence-corrected chi connectivity index (χ1v) is 4.39. The van der Waals surface area contributed by atoms with Crippen molar-refractivity contribution < 1.29 is 4.92 Å². The van der Waals surface area contributed by atoms with Gasteiger partial charge in [-0.15, -0.1) is 0 Å². The highest BCUT2D eigenvalue weighted by atomic mass is 16.6. The van der Waals surface area contributed by atoms with Crippen molar-refractivity contribution in [1.82, 2.24) is 10.3 Å². The molecule has 0 aliphatic heterocycles. The van der Waals surface area contributed by atoms with Crippen LogP contribution < -0.4 is 5.32 Å². The minimum Gasteiger partial charge on any atom is -0.309 e. The van der Waals surface area contributed by atoms with E-state index in [9.17, 15) is 10.1 Å². The number of rotatable bonds is 2. The third kappa shape index (κ3) is 3.04. The summed E-state index contributed by atoms with van der Waals surface area (Å²) in [4.78, 5) is 14.1. The SMILES string of the molecule is CNCC#Cc1cnc(C)c([N+](=O)[O-])c1. The van der Waals surface area contributed by atoms with Gasteiger partial charge in [0.1, 0.15) is 5.69 Å². The average molecular weight is 205 g/mol. The van der Waals surface area contributed by atoms with Gasteiger partial charge >= 0.3 is 0 Å². The highest BCUT2D eigenvalue weighted by Gasteiger charge is 2.11. The van der Waals surface area contributed by atoms with Crippen LogP contribution in [0.4, 0.5) is 5.69 Å². The van der Waals surface area contributed by atoms with Crippen LogP contribution in [0.2, 0.25) is 0 Å². The zero-order valence-corrected chi connectivity index (χ0v) is 8.57. The summed E-state index contributed by atoms with van der Waals surface area (Å²) >= 11 is 0. The fraction of sp³-hybridized carbons (Fsp3) is 0.300. The monoisotopic (exact) mass is 205 g/mol. The van der Waals surface area contributed by atoms with Gasteiger partial charge in [-0.25, -0.2) is 0 Å². The highest BCUT2D eigenvalue weighted by Crippen LogP contribution is 2.15. The summed E-state index contributed by atoms with van der Waals surface area (Å²) in [5.41, 5.74) is 0.966. The number of hydrogen-bond donors (Lipinski definition) is 1. The summed E-state index contributed by atoms with van der Waals surface area (Å²) in [5.74, 6) is 5.60. The summed E-state index contributed by atoms with van der Waals surface area (Å²) < 4.78 is 0. The van der Waals surface area contributed by atoms with Crippen molar-refractivity contribution in [3.8, 4) is 11.8 Å². The van der Waals surface area contributed by atoms with Crippen LogP contribution in [0, 0.1) is 28.9 Å². The number of nitro groups is 1. The van der Waals surface area contributed by atoms with E-state index >= 15 is 0 Å². The molecule has 15 heavy (non-hydrogen) atoms. The van der Waals surface area contributed by atoms with E-state index in [-0.39, 0.29) is 5.69 Å². The highest BCUT2D eigenvalue weighted by molar-refractivity contribution is 5.44. The third-order valence-corrected chi connectivity index (χ3v) is 1.75. The first-order chi connectivity index (χ1) is 7.15. The summed E-state index contributed by atoms with van der Waals surface area (Å²) in [6.07, 6.45) is 1.53. The van der Waals surface area contributed by atoms with Gasteiger partial charge in [0, 0.05) is 17.8 Å². The van der Waals surface area contributed by atoms with E-state index < -0.39 is 4.92 Å². The Labute approximate surface area is 87.7 Å². The van der Waals surface area contributed by atoms with E-state index in [1.165, 1.54) is 12.3 Å². The number of aryl methyl sites for hydroxylation is 1. The molecule has 0 saturated carbocycles. The Morgan fingerprint density at radius 2 is 2.40 bits per heavy atom. The predicted molar refractivity (Wildman–Crippen MR) is 56.4 cm³/mol. The number of nitrogens with one attached hydrogen (secondary N) is 1. The lowest BCUT2D eigenvalue weighted by atomic mass is 10.2. The fourth-order valence-electron chi connectivity index (χ4n) is 1.01. The molecule has 0 spiro atoms. The molecule has 1 aromatic heterocycles. The van der Waals surface area contributed by atoms with Crippen molar-refractivity contribution in [2.24, 2.45) is 0 Å². The fourth-order valence-corrected chi connectivity index (χ4v) is 1.01. The molecule has 0 aliphatic rings. The molecule has 0 aliphatic carbocycles. The molecule has 0 fully saturated rings. The Kier molecular flexibility index (Phi) is 3.77. The number of aromatic nitrogens is 1. The van der Waals surface area contributed by atoms with Crippen molar-refractivity contribution in [2.75, 3.05) is 13.6 Å². The Bertz CT molecular complexity index is 432. The van der Waals surface area contributed by atoms with Gasteiger partial charge in [-0.2, -0.15) is 0 Å². The van der Waals surface area contributed by atoms with Crippen LogP contribution in [0.15, 0.2) is 12.3 Å². The van der Waals surface area contributed by atoms with Crippen molar-refractivity contribution >= 4 is 5.69 Å². The molecular weight excluding hydrogens is 194 g/mol. The minimum atomic E-state index is -0.453. The molecule has 1 N–H and O–H groups in total. The van der Waals surface area contributed by atoms with Crippen LogP contribution in [0.5, 0.6) is 0 Å². The quantitative estimate of drug-likeness (QED) is 0.442. The first kappa shape index (κ1) is 11.1. The molecule has 0 amide bonds. The molecule has 0 radical (unpaired) electrons. The molecule has 5 nitrogen and oxygen atoms in total. The molecule has 0 aromatic carbocycles. The van der Waals surface area contributed by atoms with Crippen molar-refractivity contribution in [2.45, 2.75) is 6.92 Å². The summed E-state index contributed by atoms with van der Waals surface area (Å²) in [7, 11) is 1.78. The summed E-state index contributed by atoms with van der Waals surface area (Å²) in [6, 6.07) is 1.44. The Morgan fingerprint density at radius 3 is 3.00 bits per heavy atom. The smallest absolute Gasteiger partial charge is 0.291 e. The topological polar surface area (TPSA) is 68.1 Å². The second-order valence-corrected chi connectivity index (χ2v) is 2.92. The molecule has 0 saturated heterocycles. The number of nitrogens with zero attached hydrogens (tertiary/aromatic N) is 2. The van der Waals surface area contributed by atoms with Crippen LogP contribution in [0.1, 0.15) is 11.3 Å². The predicted octanol–water partition coefficient (Wildman–Crippen LogP) is 0.869. The maximum atomic E-state index is 10.6. The van der Waals surface area contributed by atoms with Crippen LogP contribution in [-0.2, 0) is 0 Å². The van der Waals surface area contributed by atoms with Gasteiger partial charge in [0.2, 0.25) is 0 Å². The lowest BCUT2D eigenvalue weighted by molar-refractivity contribution is -0.385. The lowest BCUT2D eigenvalue weighted by Crippen LogP contribution is -2.04. The van der Waals surface area contributed by atoms with Gasteiger partial charge < -0.3 is 5.32 Å². The standard InChI is InChI=1S/C10H11N3O2/c1-8-10(13(14)15)6-9(7-12-8)4-3-5-11-2/h6-7,11H,5H2,1-2H3. The van der Waals surface area contributed by atoms with E-state index in [0.717, 1.165) is 0 Å². The maximum Gasteiger partial charge on any atom is 0.291 e. The van der Waals surface area contributed by atoms with E-state index in [1.54, 1.807) is 14.0 Å². The second-order valence-electron chi connectivity index (χ2n) is 2.92. The van der Waals surface area contributed by atoms with Gasteiger partial charge in [-0.05, 0) is 14.0 Å². The van der Waals surface area contributed by atoms with Crippen LogP contribution in [0.3, 0.4) is 0 Å². The van der Waals surface area contributed by atoms with Crippen LogP contribution >= 0.6 is 0 Å². The van der Waals surface area contributed by atoms with Gasteiger partial charge in [0.25, 0.3) is 5.69 Å². The van der Waals surface area contributed by atoms with E-state index in [1.807, 2.05) is 0 Å². The van der Waals surface area contributed by atoms with Crippen LogP contribution in [-0.4, -0.2) is 23.5 Å². The van der Waals surface area contributed by atoms with Crippen LogP contribution in [0.25, 0.3) is 0 Å². The van der Waals surface area contributed by atoms with Gasteiger partial charge in [0.05, 0.1) is 11.5 Å². The average Bonchev–Trinajstić information content (AvgIpc) is 2.20. The zero-order chi connectivity index (χ0) is 11.3. The number of pyridine rings is 1. The second kappa shape index (κ2) is 5.08. The largest absolute Gasteiger partial charge is 0.309 e. The Morgan fingerprint density at radius 1 is 1.67 bits per heavy atom. The molecule has 1 aromatic rings. The molecule has 5 heteroatoms. The minimum absolute atomic E-state index is 0.00579. The van der Waals surface area contributed by atoms with E-state index in [2.05, 4.69) is 22.1 Å². The molecule has 0 atom stereocenters. The van der Waals surface area contributed by atoms with Gasteiger partial charge in [-0.3, -0.25) is 15.1 Å².